The van der Waals surface area contributed by atoms with E-state index in [1.54, 1.807) is 0 Å². The Kier molecular flexibility index (Phi) is 4.15. The van der Waals surface area contributed by atoms with E-state index >= 15 is 0 Å². The van der Waals surface area contributed by atoms with E-state index in [-0.39, 0.29) is 0 Å². The first-order valence-electron chi connectivity index (χ1n) is 4.72. The van der Waals surface area contributed by atoms with E-state index in [4.69, 9.17) is 0 Å². The van der Waals surface area contributed by atoms with Gasteiger partial charge in [-0.3, -0.25) is 0 Å². The Hall–Kier alpha value is 1.46. The molecule has 72 valence electrons. The average molecular weight is 392 g/mol. The minimum Gasteiger partial charge on any atom is -0.0858 e. The van der Waals surface area contributed by atoms with Gasteiger partial charge in [-0.1, -0.05) is 71.9 Å². The molecular weight excluding hydrogens is 374 g/mol. The summed E-state index contributed by atoms with van der Waals surface area (Å²) >= 11 is 5.23. The summed E-state index contributed by atoms with van der Waals surface area (Å²) in [5, 5.41) is 0. The summed E-state index contributed by atoms with van der Waals surface area (Å²) in [4.78, 5) is 0. The number of alkyl halides is 2. The molecule has 0 aromatic heterocycles. The van der Waals surface area contributed by atoms with Crippen LogP contribution in [0, 0.1) is 5.41 Å². The maximum atomic E-state index is 2.71. The zero-order valence-electron chi connectivity index (χ0n) is 8.00. The van der Waals surface area contributed by atoms with Gasteiger partial charge >= 0.3 is 0 Å². The van der Waals surface area contributed by atoms with Crippen molar-refractivity contribution in [2.24, 2.45) is 5.41 Å². The average Bonchev–Trinajstić information content (AvgIpc) is 2.35. The van der Waals surface area contributed by atoms with Crippen LogP contribution >= 0.6 is 45.2 Å². The molecule has 1 rings (SSSR count). The second-order valence-electron chi connectivity index (χ2n) is 4.83. The van der Waals surface area contributed by atoms with Gasteiger partial charge in [0.15, 0.2) is 0 Å². The molecule has 0 N–H and O–H groups in total. The zero-order chi connectivity index (χ0) is 9.24. The van der Waals surface area contributed by atoms with Crippen LogP contribution in [0.5, 0.6) is 0 Å². The molecule has 1 fully saturated rings. The standard InChI is InChI=1S/C10H18I2/c1-9(2,8-11)7-10(12)5-3-4-6-10/h3-8H2,1-2H3. The van der Waals surface area contributed by atoms with Crippen LogP contribution in [-0.2, 0) is 0 Å². The Morgan fingerprint density at radius 3 is 2.17 bits per heavy atom. The van der Waals surface area contributed by atoms with Crippen molar-refractivity contribution < 1.29 is 0 Å². The Morgan fingerprint density at radius 2 is 1.75 bits per heavy atom. The number of hydrogen-bond acceptors (Lipinski definition) is 0. The molecule has 1 aliphatic carbocycles. The van der Waals surface area contributed by atoms with Crippen LogP contribution in [0.3, 0.4) is 0 Å². The number of halogens is 2. The molecule has 12 heavy (non-hydrogen) atoms. The first kappa shape index (κ1) is 11.5. The summed E-state index contributed by atoms with van der Waals surface area (Å²) in [6.45, 7) is 4.80. The van der Waals surface area contributed by atoms with Gasteiger partial charge in [0, 0.05) is 7.85 Å². The second kappa shape index (κ2) is 4.32. The molecule has 0 aromatic carbocycles. The van der Waals surface area contributed by atoms with Crippen LogP contribution in [0.25, 0.3) is 0 Å². The molecule has 0 radical (unpaired) electrons. The van der Waals surface area contributed by atoms with Crippen LogP contribution in [-0.4, -0.2) is 7.85 Å². The summed E-state index contributed by atoms with van der Waals surface area (Å²) in [5.41, 5.74) is 0.548. The van der Waals surface area contributed by atoms with Gasteiger partial charge in [-0.15, -0.1) is 0 Å². The third-order valence-corrected chi connectivity index (χ3v) is 6.18. The van der Waals surface area contributed by atoms with Crippen LogP contribution in [0.2, 0.25) is 0 Å². The van der Waals surface area contributed by atoms with Crippen molar-refractivity contribution in [1.82, 2.24) is 0 Å². The highest BCUT2D eigenvalue weighted by atomic mass is 127. The molecular formula is C10H18I2. The summed E-state index contributed by atoms with van der Waals surface area (Å²) in [7, 11) is 0. The molecule has 0 atom stereocenters. The third kappa shape index (κ3) is 3.31. The molecule has 1 saturated carbocycles. The van der Waals surface area contributed by atoms with Crippen LogP contribution in [0.1, 0.15) is 46.0 Å². The fraction of sp³-hybridized carbons (Fsp3) is 1.00. The van der Waals surface area contributed by atoms with Gasteiger partial charge in [-0.2, -0.15) is 0 Å². The van der Waals surface area contributed by atoms with Crippen LogP contribution < -0.4 is 0 Å². The van der Waals surface area contributed by atoms with Gasteiger partial charge in [0.25, 0.3) is 0 Å². The number of rotatable bonds is 3. The van der Waals surface area contributed by atoms with E-state index in [0.29, 0.717) is 8.84 Å². The van der Waals surface area contributed by atoms with Crippen LogP contribution in [0.15, 0.2) is 0 Å². The van der Waals surface area contributed by atoms with Crippen molar-refractivity contribution in [2.45, 2.75) is 49.4 Å². The molecule has 0 bridgehead atoms. The first-order chi connectivity index (χ1) is 5.47. The van der Waals surface area contributed by atoms with Crippen molar-refractivity contribution >= 4 is 45.2 Å². The van der Waals surface area contributed by atoms with E-state index in [2.05, 4.69) is 59.0 Å². The predicted octanol–water partition coefficient (Wildman–Crippen LogP) is 4.59. The summed E-state index contributed by atoms with van der Waals surface area (Å²) in [6, 6.07) is 0. The Morgan fingerprint density at radius 1 is 1.25 bits per heavy atom. The van der Waals surface area contributed by atoms with E-state index in [1.165, 1.54) is 36.5 Å². The van der Waals surface area contributed by atoms with E-state index < -0.39 is 0 Å². The highest BCUT2D eigenvalue weighted by Crippen LogP contribution is 2.46. The zero-order valence-corrected chi connectivity index (χ0v) is 12.3. The highest BCUT2D eigenvalue weighted by molar-refractivity contribution is 14.1. The van der Waals surface area contributed by atoms with Gasteiger partial charge in [0.05, 0.1) is 0 Å². The van der Waals surface area contributed by atoms with Gasteiger partial charge in [-0.05, 0) is 24.7 Å². The van der Waals surface area contributed by atoms with Crippen LogP contribution in [0.4, 0.5) is 0 Å². The lowest BCUT2D eigenvalue weighted by Gasteiger charge is -2.32. The minimum absolute atomic E-state index is 0.548. The van der Waals surface area contributed by atoms with E-state index in [1.807, 2.05) is 0 Å². The van der Waals surface area contributed by atoms with Crippen molar-refractivity contribution in [3.05, 3.63) is 0 Å². The van der Waals surface area contributed by atoms with Gasteiger partial charge in [-0.25, -0.2) is 0 Å². The molecule has 1 aliphatic rings. The monoisotopic (exact) mass is 392 g/mol. The van der Waals surface area contributed by atoms with Crippen molar-refractivity contribution in [1.29, 1.82) is 0 Å². The predicted molar refractivity (Wildman–Crippen MR) is 72.5 cm³/mol. The lowest BCUT2D eigenvalue weighted by atomic mass is 9.84. The fourth-order valence-electron chi connectivity index (χ4n) is 2.09. The maximum Gasteiger partial charge on any atom is 0.0227 e. The molecule has 0 aliphatic heterocycles. The largest absolute Gasteiger partial charge is 0.0858 e. The molecule has 0 aromatic rings. The summed E-state index contributed by atoms with van der Waals surface area (Å²) < 4.78 is 1.93. The van der Waals surface area contributed by atoms with Gasteiger partial charge < -0.3 is 0 Å². The molecule has 0 heterocycles. The fourth-order valence-corrected chi connectivity index (χ4v) is 4.16. The normalized spacial score (nSPS) is 23.0. The van der Waals surface area contributed by atoms with Crippen molar-refractivity contribution in [3.63, 3.8) is 0 Å². The Labute approximate surface area is 104 Å². The molecule has 0 spiro atoms. The van der Waals surface area contributed by atoms with Gasteiger partial charge in [0.1, 0.15) is 0 Å². The van der Waals surface area contributed by atoms with E-state index in [9.17, 15) is 0 Å². The maximum absolute atomic E-state index is 2.71. The Balaban J connectivity index is 2.48. The first-order valence-corrected chi connectivity index (χ1v) is 7.33. The van der Waals surface area contributed by atoms with E-state index in [0.717, 1.165) is 0 Å². The smallest absolute Gasteiger partial charge is 0.0227 e. The quantitative estimate of drug-likeness (QED) is 0.487. The summed E-state index contributed by atoms with van der Waals surface area (Å²) in [5.74, 6) is 0. The topological polar surface area (TPSA) is 0 Å². The number of hydrogen-bond donors (Lipinski definition) is 0. The SMILES string of the molecule is CC(C)(CI)CC1(I)CCCC1. The van der Waals surface area contributed by atoms with Crippen molar-refractivity contribution in [2.75, 3.05) is 4.43 Å². The lowest BCUT2D eigenvalue weighted by Crippen LogP contribution is -2.26. The summed E-state index contributed by atoms with van der Waals surface area (Å²) in [6.07, 6.45) is 7.23. The molecule has 0 nitrogen and oxygen atoms in total. The molecule has 2 heteroatoms. The molecule has 0 unspecified atom stereocenters. The second-order valence-corrected chi connectivity index (χ2v) is 7.88. The Bertz CT molecular complexity index is 146. The minimum atomic E-state index is 0.548. The van der Waals surface area contributed by atoms with Crippen molar-refractivity contribution in [3.8, 4) is 0 Å². The molecule has 0 amide bonds. The van der Waals surface area contributed by atoms with Gasteiger partial charge in [0.2, 0.25) is 0 Å². The third-order valence-electron chi connectivity index (χ3n) is 2.66. The lowest BCUT2D eigenvalue weighted by molar-refractivity contribution is 0.342. The highest BCUT2D eigenvalue weighted by Gasteiger charge is 2.35. The molecule has 0 saturated heterocycles.